The largest absolute Gasteiger partial charge is 0.496 e. The molecule has 4 aliphatic rings. The van der Waals surface area contributed by atoms with Gasteiger partial charge < -0.3 is 20.3 Å². The Balaban J connectivity index is 1.58. The van der Waals surface area contributed by atoms with Gasteiger partial charge in [0.05, 0.1) is 31.9 Å². The predicted octanol–water partition coefficient (Wildman–Crippen LogP) is 2.17. The maximum Gasteiger partial charge on any atom is 0.240 e. The van der Waals surface area contributed by atoms with Crippen LogP contribution in [0.15, 0.2) is 18.2 Å². The predicted molar refractivity (Wildman–Crippen MR) is 126 cm³/mol. The van der Waals surface area contributed by atoms with Crippen LogP contribution >= 0.6 is 0 Å². The van der Waals surface area contributed by atoms with Gasteiger partial charge in [0.1, 0.15) is 17.9 Å². The molecule has 5 rings (SSSR count). The lowest BCUT2D eigenvalue weighted by atomic mass is 9.45. The van der Waals surface area contributed by atoms with Crippen molar-refractivity contribution < 1.29 is 29.4 Å². The quantitative estimate of drug-likeness (QED) is 0.496. The van der Waals surface area contributed by atoms with Crippen molar-refractivity contribution in [2.45, 2.75) is 71.4 Å². The molecule has 1 amide bonds. The molecule has 1 aromatic carbocycles. The summed E-state index contributed by atoms with van der Waals surface area (Å²) in [6, 6.07) is 4.51. The van der Waals surface area contributed by atoms with E-state index in [1.165, 1.54) is 18.6 Å². The number of para-hydroxylation sites is 1. The number of carbonyl (C=O) groups is 2. The number of hydrogen-bond acceptors (Lipinski definition) is 7. The number of carbonyl (C=O) groups excluding carboxylic acids is 2. The fourth-order valence-corrected chi connectivity index (χ4v) is 6.72. The smallest absolute Gasteiger partial charge is 0.240 e. The van der Waals surface area contributed by atoms with Crippen molar-refractivity contribution in [2.75, 3.05) is 13.7 Å². The summed E-state index contributed by atoms with van der Waals surface area (Å²) in [5.74, 6) is 1.16. The van der Waals surface area contributed by atoms with Crippen LogP contribution in [-0.4, -0.2) is 65.5 Å². The molecule has 188 valence electrons. The van der Waals surface area contributed by atoms with E-state index in [0.29, 0.717) is 40.0 Å². The van der Waals surface area contributed by atoms with Gasteiger partial charge in [0.25, 0.3) is 0 Å². The standard InChI is InChI=1S/C26H38N2O6/c1-14-19-9-18(26(19,3)4)10-20(14)27-25(32)23-22(15(2)31)21(13-30)34-28(23)11-16-7-6-8-17(12-29)24(16)33-5/h6-8,12,14-15,18-23,30-31H,9-11,13H2,1-5H3,(H,27,32)/t14?,15-,18+,19-,20?,21-,22+,23-/m0/s1. The van der Waals surface area contributed by atoms with Crippen molar-refractivity contribution in [1.29, 1.82) is 0 Å². The molecule has 2 bridgehead atoms. The van der Waals surface area contributed by atoms with Crippen molar-refractivity contribution >= 4 is 12.2 Å². The summed E-state index contributed by atoms with van der Waals surface area (Å²) in [4.78, 5) is 31.1. The van der Waals surface area contributed by atoms with Gasteiger partial charge in [-0.2, -0.15) is 5.06 Å². The summed E-state index contributed by atoms with van der Waals surface area (Å²) in [5.41, 5.74) is 1.40. The van der Waals surface area contributed by atoms with Gasteiger partial charge in [0.15, 0.2) is 6.29 Å². The molecule has 8 nitrogen and oxygen atoms in total. The van der Waals surface area contributed by atoms with Crippen LogP contribution in [0.2, 0.25) is 0 Å². The summed E-state index contributed by atoms with van der Waals surface area (Å²) in [6.07, 6.45) is 1.31. The highest BCUT2D eigenvalue weighted by Gasteiger charge is 2.57. The molecule has 8 atom stereocenters. The minimum absolute atomic E-state index is 0.0712. The zero-order valence-corrected chi connectivity index (χ0v) is 20.7. The van der Waals surface area contributed by atoms with E-state index in [0.717, 1.165) is 12.7 Å². The molecular weight excluding hydrogens is 436 g/mol. The zero-order chi connectivity index (χ0) is 24.8. The monoisotopic (exact) mass is 474 g/mol. The number of nitrogens with one attached hydrogen (secondary N) is 1. The van der Waals surface area contributed by atoms with E-state index in [9.17, 15) is 19.8 Å². The molecule has 1 aromatic rings. The van der Waals surface area contributed by atoms with Crippen LogP contribution in [0.5, 0.6) is 5.75 Å². The Labute approximate surface area is 201 Å². The minimum atomic E-state index is -0.864. The van der Waals surface area contributed by atoms with Crippen LogP contribution in [0, 0.1) is 29.1 Å². The SMILES string of the molecule is COc1c(C=O)cccc1CN1O[C@@H](CO)[C@@H]([C@H](C)O)[C@H]1C(=O)NC1C[C@H]2C[C@@H](C1C)C2(C)C. The number of aliphatic hydroxyl groups excluding tert-OH is 2. The molecule has 1 heterocycles. The maximum atomic E-state index is 13.7. The Bertz CT molecular complexity index is 919. The van der Waals surface area contributed by atoms with Gasteiger partial charge in [-0.05, 0) is 49.0 Å². The molecule has 3 aliphatic carbocycles. The number of methoxy groups -OCH3 is 1. The summed E-state index contributed by atoms with van der Waals surface area (Å²) in [6.45, 7) is 8.33. The molecule has 2 unspecified atom stereocenters. The number of ether oxygens (including phenoxy) is 1. The molecule has 1 saturated heterocycles. The first kappa shape index (κ1) is 25.1. The van der Waals surface area contributed by atoms with Gasteiger partial charge >= 0.3 is 0 Å². The average molecular weight is 475 g/mol. The van der Waals surface area contributed by atoms with Crippen LogP contribution in [-0.2, 0) is 16.2 Å². The molecule has 34 heavy (non-hydrogen) atoms. The number of hydrogen-bond donors (Lipinski definition) is 3. The molecule has 0 radical (unpaired) electrons. The minimum Gasteiger partial charge on any atom is -0.496 e. The first-order valence-corrected chi connectivity index (χ1v) is 12.3. The van der Waals surface area contributed by atoms with Crippen LogP contribution in [0.4, 0.5) is 0 Å². The van der Waals surface area contributed by atoms with Crippen molar-refractivity contribution in [2.24, 2.45) is 29.1 Å². The van der Waals surface area contributed by atoms with Gasteiger partial charge in [-0.25, -0.2) is 0 Å². The third-order valence-corrected chi connectivity index (χ3v) is 8.85. The van der Waals surface area contributed by atoms with Crippen molar-refractivity contribution in [3.05, 3.63) is 29.3 Å². The number of nitrogens with zero attached hydrogens (tertiary/aromatic N) is 1. The average Bonchev–Trinajstić information content (AvgIpc) is 3.18. The summed E-state index contributed by atoms with van der Waals surface area (Å²) in [7, 11) is 1.49. The Morgan fingerprint density at radius 1 is 1.38 bits per heavy atom. The van der Waals surface area contributed by atoms with E-state index in [4.69, 9.17) is 9.57 Å². The van der Waals surface area contributed by atoms with Crippen molar-refractivity contribution in [3.63, 3.8) is 0 Å². The first-order chi connectivity index (χ1) is 16.1. The fourth-order valence-electron chi connectivity index (χ4n) is 6.72. The number of rotatable bonds is 8. The summed E-state index contributed by atoms with van der Waals surface area (Å²) >= 11 is 0. The number of hydroxylamine groups is 2. The van der Waals surface area contributed by atoms with E-state index in [1.54, 1.807) is 19.1 Å². The number of fused-ring (bicyclic) bond motifs is 2. The molecule has 0 spiro atoms. The van der Waals surface area contributed by atoms with Gasteiger partial charge in [0.2, 0.25) is 5.91 Å². The molecule has 4 fully saturated rings. The van der Waals surface area contributed by atoms with E-state index in [1.807, 2.05) is 6.07 Å². The molecule has 1 aliphatic heterocycles. The van der Waals surface area contributed by atoms with Crippen molar-refractivity contribution in [1.82, 2.24) is 10.4 Å². The highest BCUT2D eigenvalue weighted by molar-refractivity contribution is 5.83. The van der Waals surface area contributed by atoms with Crippen LogP contribution in [0.25, 0.3) is 0 Å². The van der Waals surface area contributed by atoms with Gasteiger partial charge in [0, 0.05) is 17.5 Å². The third kappa shape index (κ3) is 4.15. The van der Waals surface area contributed by atoms with Gasteiger partial charge in [-0.3, -0.25) is 14.4 Å². The zero-order valence-electron chi connectivity index (χ0n) is 20.7. The number of benzene rings is 1. The maximum absolute atomic E-state index is 13.7. The third-order valence-electron chi connectivity index (χ3n) is 8.85. The Morgan fingerprint density at radius 3 is 2.68 bits per heavy atom. The Kier molecular flexibility index (Phi) is 7.06. The Morgan fingerprint density at radius 2 is 2.12 bits per heavy atom. The first-order valence-electron chi connectivity index (χ1n) is 12.3. The highest BCUT2D eigenvalue weighted by atomic mass is 16.7. The lowest BCUT2D eigenvalue weighted by molar-refractivity contribution is -0.183. The van der Waals surface area contributed by atoms with Crippen molar-refractivity contribution in [3.8, 4) is 5.75 Å². The normalized spacial score (nSPS) is 35.3. The second-order valence-electron chi connectivity index (χ2n) is 10.9. The van der Waals surface area contributed by atoms with E-state index in [-0.39, 0.29) is 25.1 Å². The lowest BCUT2D eigenvalue weighted by Crippen LogP contribution is -2.62. The van der Waals surface area contributed by atoms with Crippen LogP contribution in [0.3, 0.4) is 0 Å². The molecular formula is C26H38N2O6. The number of aliphatic hydroxyl groups is 2. The summed E-state index contributed by atoms with van der Waals surface area (Å²) < 4.78 is 5.46. The molecule has 0 aromatic heterocycles. The van der Waals surface area contributed by atoms with Crippen LogP contribution < -0.4 is 10.1 Å². The van der Waals surface area contributed by atoms with Gasteiger partial charge in [-0.15, -0.1) is 0 Å². The molecule has 3 saturated carbocycles. The van der Waals surface area contributed by atoms with Crippen LogP contribution in [0.1, 0.15) is 56.5 Å². The summed E-state index contributed by atoms with van der Waals surface area (Å²) in [5, 5.41) is 25.3. The number of amides is 1. The second-order valence-corrected chi connectivity index (χ2v) is 10.9. The second kappa shape index (κ2) is 9.57. The number of aldehydes is 1. The fraction of sp³-hybridized carbons (Fsp3) is 0.692. The lowest BCUT2D eigenvalue weighted by Gasteiger charge is -2.62. The van der Waals surface area contributed by atoms with E-state index in [2.05, 4.69) is 26.1 Å². The Hall–Kier alpha value is -2.00. The van der Waals surface area contributed by atoms with E-state index < -0.39 is 24.2 Å². The molecule has 8 heteroatoms. The highest BCUT2D eigenvalue weighted by Crippen LogP contribution is 2.61. The van der Waals surface area contributed by atoms with Gasteiger partial charge in [-0.1, -0.05) is 32.9 Å². The van der Waals surface area contributed by atoms with E-state index >= 15 is 0 Å². The molecule has 3 N–H and O–H groups in total. The topological polar surface area (TPSA) is 108 Å².